The lowest BCUT2D eigenvalue weighted by atomic mass is 10.2. The van der Waals surface area contributed by atoms with Crippen molar-refractivity contribution >= 4 is 20.0 Å². The zero-order chi connectivity index (χ0) is 19.2. The van der Waals surface area contributed by atoms with E-state index in [1.54, 1.807) is 48.5 Å². The highest BCUT2D eigenvalue weighted by Crippen LogP contribution is 2.11. The summed E-state index contributed by atoms with van der Waals surface area (Å²) in [6.45, 7) is 4.29. The lowest BCUT2D eigenvalue weighted by Gasteiger charge is -2.08. The van der Waals surface area contributed by atoms with Crippen molar-refractivity contribution in [3.8, 4) is 0 Å². The minimum absolute atomic E-state index is 0.225. The first-order chi connectivity index (χ1) is 12.2. The van der Waals surface area contributed by atoms with Crippen molar-refractivity contribution in [2.45, 2.75) is 36.5 Å². The van der Waals surface area contributed by atoms with Crippen LogP contribution < -0.4 is 9.44 Å². The highest BCUT2D eigenvalue weighted by Gasteiger charge is 2.14. The number of hydrogen-bond acceptors (Lipinski definition) is 4. The fraction of sp³-hybridized carbons (Fsp3) is 0.333. The number of unbranched alkanes of at least 4 members (excludes halogenated alkanes) is 1. The van der Waals surface area contributed by atoms with Gasteiger partial charge in [-0.05, 0) is 51.0 Å². The van der Waals surface area contributed by atoms with Crippen molar-refractivity contribution in [3.05, 3.63) is 59.7 Å². The topological polar surface area (TPSA) is 92.3 Å². The Morgan fingerprint density at radius 2 is 0.923 bits per heavy atom. The number of hydrogen-bond donors (Lipinski definition) is 2. The molecule has 0 fully saturated rings. The van der Waals surface area contributed by atoms with Crippen molar-refractivity contribution in [2.75, 3.05) is 13.1 Å². The normalized spacial score (nSPS) is 12.2. The summed E-state index contributed by atoms with van der Waals surface area (Å²) in [5.74, 6) is 0. The van der Waals surface area contributed by atoms with Crippen LogP contribution in [0.4, 0.5) is 0 Å². The molecule has 0 aliphatic carbocycles. The fourth-order valence-corrected chi connectivity index (χ4v) is 4.41. The van der Waals surface area contributed by atoms with E-state index in [2.05, 4.69) is 9.44 Å². The second kappa shape index (κ2) is 8.77. The van der Waals surface area contributed by atoms with Gasteiger partial charge in [0, 0.05) is 13.1 Å². The van der Waals surface area contributed by atoms with Gasteiger partial charge >= 0.3 is 0 Å². The number of rotatable bonds is 9. The van der Waals surface area contributed by atoms with Crippen LogP contribution in [0.5, 0.6) is 0 Å². The summed E-state index contributed by atoms with van der Waals surface area (Å²) in [6, 6.07) is 13.2. The summed E-state index contributed by atoms with van der Waals surface area (Å²) in [7, 11) is -7.06. The SMILES string of the molecule is Cc1ccc(S(=O)(=O)NCCCCNS(=O)(=O)c2ccc(C)cc2)cc1. The van der Waals surface area contributed by atoms with E-state index < -0.39 is 20.0 Å². The Kier molecular flexibility index (Phi) is 6.94. The lowest BCUT2D eigenvalue weighted by Crippen LogP contribution is -2.27. The van der Waals surface area contributed by atoms with E-state index in [9.17, 15) is 16.8 Å². The van der Waals surface area contributed by atoms with Crippen LogP contribution in [0, 0.1) is 13.8 Å². The van der Waals surface area contributed by atoms with E-state index in [4.69, 9.17) is 0 Å². The molecule has 0 saturated heterocycles. The van der Waals surface area contributed by atoms with Crippen molar-refractivity contribution in [2.24, 2.45) is 0 Å². The molecule has 0 spiro atoms. The molecule has 0 aromatic heterocycles. The van der Waals surface area contributed by atoms with Gasteiger partial charge in [-0.2, -0.15) is 0 Å². The minimum Gasteiger partial charge on any atom is -0.211 e. The number of benzene rings is 2. The molecule has 142 valence electrons. The molecule has 0 radical (unpaired) electrons. The zero-order valence-electron chi connectivity index (χ0n) is 14.9. The molecular weight excluding hydrogens is 372 g/mol. The van der Waals surface area contributed by atoms with Crippen LogP contribution >= 0.6 is 0 Å². The van der Waals surface area contributed by atoms with Gasteiger partial charge in [0.15, 0.2) is 0 Å². The first-order valence-corrected chi connectivity index (χ1v) is 11.3. The highest BCUT2D eigenvalue weighted by molar-refractivity contribution is 7.89. The van der Waals surface area contributed by atoms with E-state index >= 15 is 0 Å². The average molecular weight is 397 g/mol. The molecule has 2 rings (SSSR count). The minimum atomic E-state index is -3.53. The smallest absolute Gasteiger partial charge is 0.211 e. The van der Waals surface area contributed by atoms with Crippen LogP contribution in [0.3, 0.4) is 0 Å². The van der Waals surface area contributed by atoms with Crippen molar-refractivity contribution in [1.29, 1.82) is 0 Å². The van der Waals surface area contributed by atoms with Gasteiger partial charge in [-0.3, -0.25) is 0 Å². The Morgan fingerprint density at radius 3 is 1.23 bits per heavy atom. The second-order valence-electron chi connectivity index (χ2n) is 6.13. The van der Waals surface area contributed by atoms with Crippen LogP contribution in [0.15, 0.2) is 58.3 Å². The largest absolute Gasteiger partial charge is 0.240 e. The molecule has 6 nitrogen and oxygen atoms in total. The summed E-state index contributed by atoms with van der Waals surface area (Å²) < 4.78 is 53.6. The summed E-state index contributed by atoms with van der Waals surface area (Å²) in [6.07, 6.45) is 1.06. The standard InChI is InChI=1S/C18H24N2O4S2/c1-15-5-9-17(10-6-15)25(21,22)19-13-3-4-14-20-26(23,24)18-11-7-16(2)8-12-18/h5-12,19-20H,3-4,13-14H2,1-2H3. The predicted octanol–water partition coefficient (Wildman–Crippen LogP) is 2.34. The van der Waals surface area contributed by atoms with Crippen LogP contribution in [0.1, 0.15) is 24.0 Å². The van der Waals surface area contributed by atoms with Crippen molar-refractivity contribution in [3.63, 3.8) is 0 Å². The Balaban J connectivity index is 1.75. The van der Waals surface area contributed by atoms with E-state index in [-0.39, 0.29) is 22.9 Å². The average Bonchev–Trinajstić information content (AvgIpc) is 2.58. The molecule has 2 N–H and O–H groups in total. The third kappa shape index (κ3) is 5.91. The van der Waals surface area contributed by atoms with Gasteiger partial charge in [0.05, 0.1) is 9.79 Å². The first-order valence-electron chi connectivity index (χ1n) is 8.33. The Morgan fingerprint density at radius 1 is 0.615 bits per heavy atom. The van der Waals surface area contributed by atoms with Crippen LogP contribution in [-0.4, -0.2) is 29.9 Å². The maximum atomic E-state index is 12.1. The number of sulfonamides is 2. The van der Waals surface area contributed by atoms with Gasteiger partial charge in [-0.15, -0.1) is 0 Å². The molecule has 2 aromatic rings. The molecule has 0 saturated carbocycles. The Hall–Kier alpha value is -1.74. The van der Waals surface area contributed by atoms with Gasteiger partial charge < -0.3 is 0 Å². The molecular formula is C18H24N2O4S2. The van der Waals surface area contributed by atoms with Gasteiger partial charge in [-0.1, -0.05) is 35.4 Å². The van der Waals surface area contributed by atoms with E-state index in [1.807, 2.05) is 13.8 Å². The highest BCUT2D eigenvalue weighted by atomic mass is 32.2. The van der Waals surface area contributed by atoms with Gasteiger partial charge in [0.2, 0.25) is 20.0 Å². The summed E-state index contributed by atoms with van der Waals surface area (Å²) in [5, 5.41) is 0. The van der Waals surface area contributed by atoms with Gasteiger partial charge in [0.25, 0.3) is 0 Å². The van der Waals surface area contributed by atoms with Gasteiger partial charge in [0.1, 0.15) is 0 Å². The van der Waals surface area contributed by atoms with E-state index in [0.717, 1.165) is 11.1 Å². The maximum absolute atomic E-state index is 12.1. The molecule has 8 heteroatoms. The molecule has 0 atom stereocenters. The van der Waals surface area contributed by atoms with Crippen LogP contribution in [-0.2, 0) is 20.0 Å². The molecule has 0 unspecified atom stereocenters. The molecule has 0 heterocycles. The fourth-order valence-electron chi connectivity index (χ4n) is 2.26. The van der Waals surface area contributed by atoms with E-state index in [1.165, 1.54) is 0 Å². The summed E-state index contributed by atoms with van der Waals surface area (Å²) in [4.78, 5) is 0.450. The van der Waals surface area contributed by atoms with Gasteiger partial charge in [-0.25, -0.2) is 26.3 Å². The lowest BCUT2D eigenvalue weighted by molar-refractivity contribution is 0.567. The summed E-state index contributed by atoms with van der Waals surface area (Å²) in [5.41, 5.74) is 1.98. The zero-order valence-corrected chi connectivity index (χ0v) is 16.5. The van der Waals surface area contributed by atoms with Crippen molar-refractivity contribution < 1.29 is 16.8 Å². The Labute approximate surface area is 155 Å². The molecule has 0 bridgehead atoms. The monoisotopic (exact) mass is 396 g/mol. The third-order valence-corrected chi connectivity index (χ3v) is 6.80. The summed E-state index contributed by atoms with van der Waals surface area (Å²) >= 11 is 0. The molecule has 0 aliphatic heterocycles. The second-order valence-corrected chi connectivity index (χ2v) is 9.66. The quantitative estimate of drug-likeness (QED) is 0.637. The predicted molar refractivity (Wildman–Crippen MR) is 102 cm³/mol. The van der Waals surface area contributed by atoms with E-state index in [0.29, 0.717) is 12.8 Å². The molecule has 2 aromatic carbocycles. The third-order valence-electron chi connectivity index (χ3n) is 3.85. The van der Waals surface area contributed by atoms with Crippen LogP contribution in [0.2, 0.25) is 0 Å². The molecule has 26 heavy (non-hydrogen) atoms. The molecule has 0 amide bonds. The Bertz CT molecular complexity index is 841. The van der Waals surface area contributed by atoms with Crippen molar-refractivity contribution in [1.82, 2.24) is 9.44 Å². The molecule has 0 aliphatic rings. The number of nitrogens with one attached hydrogen (secondary N) is 2. The first kappa shape index (κ1) is 20.6. The number of aryl methyl sites for hydroxylation is 2. The maximum Gasteiger partial charge on any atom is 0.240 e. The van der Waals surface area contributed by atoms with Crippen LogP contribution in [0.25, 0.3) is 0 Å².